The van der Waals surface area contributed by atoms with Crippen molar-refractivity contribution < 1.29 is 9.53 Å². The fourth-order valence-corrected chi connectivity index (χ4v) is 2.31. The predicted octanol–water partition coefficient (Wildman–Crippen LogP) is 2.23. The number of methoxy groups -OCH3 is 1. The summed E-state index contributed by atoms with van der Waals surface area (Å²) in [6.45, 7) is 0. The molecule has 3 rings (SSSR count). The molecule has 5 nitrogen and oxygen atoms in total. The van der Waals surface area contributed by atoms with Crippen molar-refractivity contribution in [3.63, 3.8) is 0 Å². The van der Waals surface area contributed by atoms with E-state index in [-0.39, 0.29) is 17.7 Å². The molecule has 1 amide bonds. The zero-order valence-corrected chi connectivity index (χ0v) is 11.1. The van der Waals surface area contributed by atoms with Crippen LogP contribution in [0.2, 0.25) is 0 Å². The van der Waals surface area contributed by atoms with Crippen LogP contribution in [0.15, 0.2) is 42.9 Å². The van der Waals surface area contributed by atoms with Gasteiger partial charge in [0.25, 0.3) is 0 Å². The number of amides is 1. The second-order valence-electron chi connectivity index (χ2n) is 4.81. The molecular weight excluding hydrogens is 254 g/mol. The standard InChI is InChI=1S/C15H15N3O2/c1-20-11-4-2-3-10(7-11)12-8-13(12)15(19)18-14-9-16-5-6-17-14/h2-7,9,12-13H,8H2,1H3,(H,17,18,19)/t12-,13-/m1/s1. The van der Waals surface area contributed by atoms with Gasteiger partial charge in [0, 0.05) is 18.3 Å². The molecule has 2 atom stereocenters. The Morgan fingerprint density at radius 3 is 3.05 bits per heavy atom. The number of nitrogens with one attached hydrogen (secondary N) is 1. The minimum atomic E-state index is -0.00156. The Balaban J connectivity index is 1.65. The van der Waals surface area contributed by atoms with Gasteiger partial charge >= 0.3 is 0 Å². The topological polar surface area (TPSA) is 64.1 Å². The van der Waals surface area contributed by atoms with E-state index in [1.807, 2.05) is 24.3 Å². The molecule has 1 aromatic heterocycles. The van der Waals surface area contributed by atoms with E-state index < -0.39 is 0 Å². The lowest BCUT2D eigenvalue weighted by Crippen LogP contribution is -2.15. The second kappa shape index (κ2) is 5.28. The molecule has 20 heavy (non-hydrogen) atoms. The minimum Gasteiger partial charge on any atom is -0.497 e. The minimum absolute atomic E-state index is 0.00156. The zero-order chi connectivity index (χ0) is 13.9. The molecular formula is C15H15N3O2. The average molecular weight is 269 g/mol. The van der Waals surface area contributed by atoms with Gasteiger partial charge < -0.3 is 10.1 Å². The molecule has 2 aromatic rings. The molecule has 1 saturated carbocycles. The molecule has 0 bridgehead atoms. The van der Waals surface area contributed by atoms with E-state index in [4.69, 9.17) is 4.74 Å². The van der Waals surface area contributed by atoms with Crippen LogP contribution in [0.1, 0.15) is 17.9 Å². The monoisotopic (exact) mass is 269 g/mol. The second-order valence-corrected chi connectivity index (χ2v) is 4.81. The number of hydrogen-bond donors (Lipinski definition) is 1. The number of nitrogens with zero attached hydrogens (tertiary/aromatic N) is 2. The fraction of sp³-hybridized carbons (Fsp3) is 0.267. The van der Waals surface area contributed by atoms with Gasteiger partial charge in [-0.25, -0.2) is 4.98 Å². The summed E-state index contributed by atoms with van der Waals surface area (Å²) in [5, 5.41) is 2.79. The van der Waals surface area contributed by atoms with Crippen molar-refractivity contribution in [2.24, 2.45) is 5.92 Å². The molecule has 1 N–H and O–H groups in total. The number of rotatable bonds is 4. The molecule has 0 aliphatic heterocycles. The summed E-state index contributed by atoms with van der Waals surface area (Å²) in [6.07, 6.45) is 5.54. The first kappa shape index (κ1) is 12.6. The Kier molecular flexibility index (Phi) is 3.33. The predicted molar refractivity (Wildman–Crippen MR) is 74.5 cm³/mol. The first-order valence-corrected chi connectivity index (χ1v) is 6.49. The molecule has 1 aromatic carbocycles. The van der Waals surface area contributed by atoms with Crippen LogP contribution in [0.5, 0.6) is 5.75 Å². The van der Waals surface area contributed by atoms with Crippen molar-refractivity contribution in [2.75, 3.05) is 12.4 Å². The summed E-state index contributed by atoms with van der Waals surface area (Å²) < 4.78 is 5.21. The lowest BCUT2D eigenvalue weighted by atomic mass is 10.1. The van der Waals surface area contributed by atoms with Crippen LogP contribution in [-0.2, 0) is 4.79 Å². The Hall–Kier alpha value is -2.43. The Labute approximate surface area is 117 Å². The number of anilines is 1. The van der Waals surface area contributed by atoms with Crippen molar-refractivity contribution >= 4 is 11.7 Å². The van der Waals surface area contributed by atoms with Crippen LogP contribution in [0, 0.1) is 5.92 Å². The molecule has 1 aliphatic rings. The van der Waals surface area contributed by atoms with Gasteiger partial charge in [-0.2, -0.15) is 0 Å². The smallest absolute Gasteiger partial charge is 0.229 e. The first-order valence-electron chi connectivity index (χ1n) is 6.49. The van der Waals surface area contributed by atoms with Gasteiger partial charge in [0.15, 0.2) is 5.82 Å². The van der Waals surface area contributed by atoms with Crippen LogP contribution >= 0.6 is 0 Å². The molecule has 102 valence electrons. The highest BCUT2D eigenvalue weighted by Gasteiger charge is 2.44. The summed E-state index contributed by atoms with van der Waals surface area (Å²) in [5.74, 6) is 1.58. The zero-order valence-electron chi connectivity index (χ0n) is 11.1. The lowest BCUT2D eigenvalue weighted by Gasteiger charge is -2.05. The summed E-state index contributed by atoms with van der Waals surface area (Å²) in [7, 11) is 1.64. The molecule has 1 aliphatic carbocycles. The fourth-order valence-electron chi connectivity index (χ4n) is 2.31. The van der Waals surface area contributed by atoms with Crippen LogP contribution in [0.25, 0.3) is 0 Å². The SMILES string of the molecule is COc1cccc([C@H]2C[C@H]2C(=O)Nc2cnccn2)c1. The van der Waals surface area contributed by atoms with Crippen molar-refractivity contribution in [3.8, 4) is 5.75 Å². The van der Waals surface area contributed by atoms with Gasteiger partial charge in [-0.15, -0.1) is 0 Å². The first-order chi connectivity index (χ1) is 9.78. The van der Waals surface area contributed by atoms with Gasteiger partial charge in [-0.3, -0.25) is 9.78 Å². The van der Waals surface area contributed by atoms with E-state index in [1.165, 1.54) is 0 Å². The molecule has 0 unspecified atom stereocenters. The number of benzene rings is 1. The van der Waals surface area contributed by atoms with Crippen LogP contribution in [-0.4, -0.2) is 23.0 Å². The highest BCUT2D eigenvalue weighted by molar-refractivity contribution is 5.94. The van der Waals surface area contributed by atoms with E-state index >= 15 is 0 Å². The molecule has 1 fully saturated rings. The number of carbonyl (C=O) groups excluding carboxylic acids is 1. The van der Waals surface area contributed by atoms with Crippen LogP contribution in [0.3, 0.4) is 0 Å². The average Bonchev–Trinajstić information content (AvgIpc) is 3.29. The maximum atomic E-state index is 12.1. The van der Waals surface area contributed by atoms with E-state index in [0.29, 0.717) is 5.82 Å². The Morgan fingerprint density at radius 1 is 1.40 bits per heavy atom. The Bertz CT molecular complexity index is 616. The summed E-state index contributed by atoms with van der Waals surface area (Å²) >= 11 is 0. The third kappa shape index (κ3) is 2.61. The lowest BCUT2D eigenvalue weighted by molar-refractivity contribution is -0.117. The van der Waals surface area contributed by atoms with Crippen molar-refractivity contribution in [1.82, 2.24) is 9.97 Å². The molecule has 1 heterocycles. The highest BCUT2D eigenvalue weighted by atomic mass is 16.5. The molecule has 0 saturated heterocycles. The number of ether oxygens (including phenoxy) is 1. The van der Waals surface area contributed by atoms with Crippen molar-refractivity contribution in [1.29, 1.82) is 0 Å². The summed E-state index contributed by atoms with van der Waals surface area (Å²) in [4.78, 5) is 20.1. The Morgan fingerprint density at radius 2 is 2.30 bits per heavy atom. The van der Waals surface area contributed by atoms with Gasteiger partial charge in [0.2, 0.25) is 5.91 Å². The summed E-state index contributed by atoms with van der Waals surface area (Å²) in [6, 6.07) is 7.87. The molecule has 5 heteroatoms. The number of aromatic nitrogens is 2. The van der Waals surface area contributed by atoms with Crippen LogP contribution in [0.4, 0.5) is 5.82 Å². The quantitative estimate of drug-likeness (QED) is 0.924. The van der Waals surface area contributed by atoms with E-state index in [1.54, 1.807) is 25.7 Å². The van der Waals surface area contributed by atoms with Crippen molar-refractivity contribution in [3.05, 3.63) is 48.4 Å². The maximum absolute atomic E-state index is 12.1. The highest BCUT2D eigenvalue weighted by Crippen LogP contribution is 2.48. The number of carbonyl (C=O) groups is 1. The van der Waals surface area contributed by atoms with E-state index in [2.05, 4.69) is 15.3 Å². The van der Waals surface area contributed by atoms with Gasteiger partial charge in [-0.1, -0.05) is 12.1 Å². The number of hydrogen-bond acceptors (Lipinski definition) is 4. The molecule has 0 radical (unpaired) electrons. The molecule has 0 spiro atoms. The summed E-state index contributed by atoms with van der Waals surface area (Å²) in [5.41, 5.74) is 1.14. The van der Waals surface area contributed by atoms with Crippen molar-refractivity contribution in [2.45, 2.75) is 12.3 Å². The van der Waals surface area contributed by atoms with Gasteiger partial charge in [0.05, 0.1) is 13.3 Å². The van der Waals surface area contributed by atoms with E-state index in [9.17, 15) is 4.79 Å². The van der Waals surface area contributed by atoms with Crippen LogP contribution < -0.4 is 10.1 Å². The largest absolute Gasteiger partial charge is 0.497 e. The van der Waals surface area contributed by atoms with E-state index in [0.717, 1.165) is 17.7 Å². The van der Waals surface area contributed by atoms with Gasteiger partial charge in [-0.05, 0) is 30.0 Å². The maximum Gasteiger partial charge on any atom is 0.229 e. The van der Waals surface area contributed by atoms with Gasteiger partial charge in [0.1, 0.15) is 5.75 Å². The normalized spacial score (nSPS) is 20.2. The third-order valence-corrected chi connectivity index (χ3v) is 3.46. The third-order valence-electron chi connectivity index (χ3n) is 3.46.